The van der Waals surface area contributed by atoms with Gasteiger partial charge in [-0.25, -0.2) is 9.79 Å². The average Bonchev–Trinajstić information content (AvgIpc) is 3.13. The van der Waals surface area contributed by atoms with E-state index in [4.69, 9.17) is 30.7 Å². The molecule has 0 bridgehead atoms. The number of pyridine rings is 1. The van der Waals surface area contributed by atoms with E-state index in [1.165, 1.54) is 0 Å². The van der Waals surface area contributed by atoms with Gasteiger partial charge in [-0.05, 0) is 81.6 Å². The minimum Gasteiger partial charge on any atom is -0.492 e. The molecule has 0 spiro atoms. The molecular weight excluding hydrogens is 658 g/mol. The van der Waals surface area contributed by atoms with Crippen LogP contribution in [-0.4, -0.2) is 90.0 Å². The molecule has 2 amide bonds. The van der Waals surface area contributed by atoms with Gasteiger partial charge in [0.2, 0.25) is 5.96 Å². The van der Waals surface area contributed by atoms with Gasteiger partial charge in [-0.2, -0.15) is 0 Å². The first kappa shape index (κ1) is 38.2. The third-order valence-electron chi connectivity index (χ3n) is 9.53. The molecule has 2 heterocycles. The van der Waals surface area contributed by atoms with Crippen molar-refractivity contribution < 1.29 is 19.4 Å². The van der Waals surface area contributed by atoms with Crippen LogP contribution in [0.4, 0.5) is 10.5 Å². The number of nitrogens with one attached hydrogen (secondary N) is 5. The molecule has 1 aliphatic heterocycles. The highest BCUT2D eigenvalue weighted by atomic mass is 16.5. The second kappa shape index (κ2) is 17.5. The van der Waals surface area contributed by atoms with Crippen molar-refractivity contribution in [3.8, 4) is 11.5 Å². The van der Waals surface area contributed by atoms with Crippen molar-refractivity contribution in [2.24, 2.45) is 10.4 Å². The number of piperidine rings is 1. The molecule has 52 heavy (non-hydrogen) atoms. The Bertz CT molecular complexity index is 1810. The summed E-state index contributed by atoms with van der Waals surface area (Å²) in [6, 6.07) is 17.9. The van der Waals surface area contributed by atoms with Crippen LogP contribution in [0.25, 0.3) is 0 Å². The lowest BCUT2D eigenvalue weighted by Crippen LogP contribution is -2.44. The van der Waals surface area contributed by atoms with Crippen molar-refractivity contribution in [3.63, 3.8) is 0 Å². The molecule has 6 N–H and O–H groups in total. The van der Waals surface area contributed by atoms with E-state index in [9.17, 15) is 9.90 Å². The number of hydrogen-bond acceptors (Lipinski definition) is 9. The maximum Gasteiger partial charge on any atom is 0.320 e. The van der Waals surface area contributed by atoms with E-state index in [0.29, 0.717) is 36.6 Å². The molecule has 13 nitrogen and oxygen atoms in total. The van der Waals surface area contributed by atoms with Crippen LogP contribution < -0.4 is 25.6 Å². The summed E-state index contributed by atoms with van der Waals surface area (Å²) in [5.74, 6) is 1.79. The SMILES string of the molecule is CN(C)CCOc1cccc(N=C(CC(=N)C(C)(C)CO)NC(=O)NC2CCC(Oc3ccc(=N)n(C(=N)N4CCCCC4)c3)c3ccccc32)c1. The second-order valence-corrected chi connectivity index (χ2v) is 14.4. The van der Waals surface area contributed by atoms with Crippen LogP contribution in [0, 0.1) is 21.6 Å². The zero-order valence-corrected chi connectivity index (χ0v) is 30.7. The fourth-order valence-electron chi connectivity index (χ4n) is 6.26. The van der Waals surface area contributed by atoms with E-state index < -0.39 is 11.4 Å². The lowest BCUT2D eigenvalue weighted by Gasteiger charge is -2.33. The second-order valence-electron chi connectivity index (χ2n) is 14.4. The number of amidine groups is 1. The largest absolute Gasteiger partial charge is 0.492 e. The number of aliphatic hydroxyl groups excluding tert-OH is 1. The number of aromatic nitrogens is 1. The van der Waals surface area contributed by atoms with Crippen LogP contribution in [0.1, 0.15) is 75.6 Å². The van der Waals surface area contributed by atoms with E-state index >= 15 is 0 Å². The van der Waals surface area contributed by atoms with Crippen LogP contribution in [-0.2, 0) is 0 Å². The number of hydrogen-bond donors (Lipinski definition) is 6. The molecule has 2 aliphatic rings. The number of fused-ring (bicyclic) bond motifs is 1. The minimum absolute atomic E-state index is 0.0379. The molecule has 13 heteroatoms. The number of ether oxygens (including phenoxy) is 2. The summed E-state index contributed by atoms with van der Waals surface area (Å²) < 4.78 is 14.0. The number of carbonyl (C=O) groups is 1. The molecule has 0 radical (unpaired) electrons. The number of likely N-dealkylation sites (tertiary alicyclic amines) is 1. The van der Waals surface area contributed by atoms with Crippen LogP contribution in [0.5, 0.6) is 11.5 Å². The fourth-order valence-corrected chi connectivity index (χ4v) is 6.26. The van der Waals surface area contributed by atoms with Crippen LogP contribution in [0.2, 0.25) is 0 Å². The molecule has 2 aromatic carbocycles. The van der Waals surface area contributed by atoms with Gasteiger partial charge in [0.15, 0.2) is 0 Å². The van der Waals surface area contributed by atoms with E-state index in [1.807, 2.05) is 66.4 Å². The van der Waals surface area contributed by atoms with Crippen molar-refractivity contribution in [3.05, 3.63) is 83.5 Å². The topological polar surface area (TPSA) is 175 Å². The highest BCUT2D eigenvalue weighted by Crippen LogP contribution is 2.38. The Morgan fingerprint density at radius 1 is 1.00 bits per heavy atom. The Labute approximate surface area is 306 Å². The minimum atomic E-state index is -0.790. The molecule has 278 valence electrons. The summed E-state index contributed by atoms with van der Waals surface area (Å²) in [4.78, 5) is 22.4. The summed E-state index contributed by atoms with van der Waals surface area (Å²) in [5.41, 5.74) is 2.14. The Kier molecular flexibility index (Phi) is 12.8. The maximum atomic E-state index is 13.6. The number of likely N-dealkylation sites (N-methyl/N-ethyl adjacent to an activating group) is 1. The molecule has 2 unspecified atom stereocenters. The number of benzene rings is 2. The van der Waals surface area contributed by atoms with Gasteiger partial charge in [0.1, 0.15) is 35.5 Å². The Morgan fingerprint density at radius 2 is 1.75 bits per heavy atom. The van der Waals surface area contributed by atoms with Crippen molar-refractivity contribution in [1.29, 1.82) is 16.2 Å². The number of aliphatic imine (C=N–C) groups is 1. The fraction of sp³-hybridized carbons (Fsp3) is 0.462. The summed E-state index contributed by atoms with van der Waals surface area (Å²) in [7, 11) is 3.96. The Morgan fingerprint density at radius 3 is 2.48 bits per heavy atom. The lowest BCUT2D eigenvalue weighted by molar-refractivity contribution is 0.171. The van der Waals surface area contributed by atoms with Crippen molar-refractivity contribution >= 4 is 29.2 Å². The lowest BCUT2D eigenvalue weighted by atomic mass is 9.85. The predicted octanol–water partition coefficient (Wildman–Crippen LogP) is 5.59. The Hall–Kier alpha value is -5.01. The normalized spacial score (nSPS) is 17.7. The number of nitrogens with zero attached hydrogens (tertiary/aromatic N) is 4. The third kappa shape index (κ3) is 10.1. The van der Waals surface area contributed by atoms with Gasteiger partial charge in [0.25, 0.3) is 0 Å². The average molecular weight is 712 g/mol. The molecule has 0 saturated carbocycles. The van der Waals surface area contributed by atoms with Gasteiger partial charge < -0.3 is 35.1 Å². The van der Waals surface area contributed by atoms with Gasteiger partial charge in [0, 0.05) is 43.2 Å². The molecule has 2 atom stereocenters. The molecule has 1 saturated heterocycles. The van der Waals surface area contributed by atoms with Gasteiger partial charge in [-0.15, -0.1) is 0 Å². The van der Waals surface area contributed by atoms with E-state index in [2.05, 4.69) is 10.6 Å². The quantitative estimate of drug-likeness (QED) is 0.106. The molecule has 1 aliphatic carbocycles. The zero-order chi connectivity index (χ0) is 37.3. The van der Waals surface area contributed by atoms with E-state index in [1.54, 1.807) is 42.8 Å². The monoisotopic (exact) mass is 711 g/mol. The van der Waals surface area contributed by atoms with Gasteiger partial charge >= 0.3 is 6.03 Å². The molecular formula is C39H53N9O4. The first-order valence-electron chi connectivity index (χ1n) is 18.0. The summed E-state index contributed by atoms with van der Waals surface area (Å²) >= 11 is 0. The zero-order valence-electron chi connectivity index (χ0n) is 30.7. The van der Waals surface area contributed by atoms with Crippen molar-refractivity contribution in [1.82, 2.24) is 25.0 Å². The summed E-state index contributed by atoms with van der Waals surface area (Å²) in [5, 5.41) is 41.8. The van der Waals surface area contributed by atoms with Crippen molar-refractivity contribution in [2.45, 2.75) is 64.5 Å². The third-order valence-corrected chi connectivity index (χ3v) is 9.53. The van der Waals surface area contributed by atoms with Crippen LogP contribution in [0.15, 0.2) is 71.9 Å². The maximum absolute atomic E-state index is 13.6. The number of rotatable bonds is 12. The standard InChI is InChI=1S/C39H53N9O4/c1-39(2,26-49)34(40)24-36(43-27-11-10-12-28(23-27)51-22-21-46(3)4)45-38(50)44-32-16-17-33(31-14-7-6-13-30(31)32)52-29-15-18-35(41)48(25-29)37(42)47-19-8-5-9-20-47/h6-7,10-15,18,23,25,32-33,40-42,49H,5,8-9,16-17,19-22,24,26H2,1-4H3,(H2,43,44,45,50). The number of urea groups is 1. The molecule has 3 aromatic rings. The number of amides is 2. The number of carbonyl (C=O) groups excluding carboxylic acids is 1. The van der Waals surface area contributed by atoms with E-state index in [0.717, 1.165) is 50.0 Å². The highest BCUT2D eigenvalue weighted by molar-refractivity contribution is 6.10. The Balaban J connectivity index is 1.30. The number of aliphatic hydroxyl groups is 1. The summed E-state index contributed by atoms with van der Waals surface area (Å²) in [6.07, 6.45) is 5.97. The first-order chi connectivity index (χ1) is 24.9. The molecule has 1 aromatic heterocycles. The molecule has 5 rings (SSSR count). The van der Waals surface area contributed by atoms with Crippen molar-refractivity contribution in [2.75, 3.05) is 46.9 Å². The van der Waals surface area contributed by atoms with Gasteiger partial charge in [-0.1, -0.05) is 44.2 Å². The van der Waals surface area contributed by atoms with Crippen LogP contribution >= 0.6 is 0 Å². The summed E-state index contributed by atoms with van der Waals surface area (Å²) in [6.45, 7) is 6.24. The smallest absolute Gasteiger partial charge is 0.320 e. The predicted molar refractivity (Wildman–Crippen MR) is 203 cm³/mol. The van der Waals surface area contributed by atoms with Gasteiger partial charge in [-0.3, -0.25) is 20.7 Å². The van der Waals surface area contributed by atoms with Crippen LogP contribution in [0.3, 0.4) is 0 Å². The highest BCUT2D eigenvalue weighted by Gasteiger charge is 2.30. The molecule has 1 fully saturated rings. The van der Waals surface area contributed by atoms with E-state index in [-0.39, 0.29) is 48.2 Å². The first-order valence-corrected chi connectivity index (χ1v) is 18.0. The van der Waals surface area contributed by atoms with Gasteiger partial charge in [0.05, 0.1) is 24.5 Å².